The lowest BCUT2D eigenvalue weighted by molar-refractivity contribution is -0.131. The molecule has 1 aliphatic rings. The van der Waals surface area contributed by atoms with E-state index in [0.29, 0.717) is 6.42 Å². The van der Waals surface area contributed by atoms with E-state index in [1.165, 1.54) is 5.56 Å². The Kier molecular flexibility index (Phi) is 4.01. The van der Waals surface area contributed by atoms with Crippen molar-refractivity contribution in [2.75, 3.05) is 6.54 Å². The van der Waals surface area contributed by atoms with Crippen LogP contribution in [-0.2, 0) is 11.2 Å². The third-order valence-corrected chi connectivity index (χ3v) is 5.79. The van der Waals surface area contributed by atoms with Gasteiger partial charge >= 0.3 is 0 Å². The van der Waals surface area contributed by atoms with E-state index in [4.69, 9.17) is 4.42 Å². The highest BCUT2D eigenvalue weighted by molar-refractivity contribution is 7.13. The number of rotatable bonds is 4. The van der Waals surface area contributed by atoms with E-state index >= 15 is 0 Å². The Labute approximate surface area is 142 Å². The molecule has 0 aromatic carbocycles. The van der Waals surface area contributed by atoms with E-state index in [0.717, 1.165) is 35.7 Å². The number of hydrogen-bond acceptors (Lipinski definition) is 5. The second-order valence-electron chi connectivity index (χ2n) is 5.63. The maximum Gasteiger partial charge on any atom is 0.229 e. The Balaban J connectivity index is 1.47. The third kappa shape index (κ3) is 2.96. The summed E-state index contributed by atoms with van der Waals surface area (Å²) in [5.41, 5.74) is 3.07. The highest BCUT2D eigenvalue weighted by Crippen LogP contribution is 2.33. The lowest BCUT2D eigenvalue weighted by Gasteiger charge is -2.24. The number of aromatic nitrogens is 1. The minimum absolute atomic E-state index is 0.169. The molecule has 0 unspecified atom stereocenters. The predicted molar refractivity (Wildman–Crippen MR) is 91.5 cm³/mol. The van der Waals surface area contributed by atoms with Crippen LogP contribution in [0, 0.1) is 0 Å². The molecule has 0 bridgehead atoms. The monoisotopic (exact) mass is 344 g/mol. The number of nitrogens with zero attached hydrogens (tertiary/aromatic N) is 2. The molecule has 0 N–H and O–H groups in total. The summed E-state index contributed by atoms with van der Waals surface area (Å²) in [7, 11) is 0. The highest BCUT2D eigenvalue weighted by Gasteiger charge is 2.30. The van der Waals surface area contributed by atoms with Crippen LogP contribution in [0.2, 0.25) is 0 Å². The standard InChI is InChI=1S/C17H16N2O2S2/c20-16(19-5-1-2-15(19)13-4-7-22-10-13)8-14-11-23-17(18-14)12-3-6-21-9-12/h3-4,6-7,9-11,15H,1-2,5,8H2/t15-/m0/s1. The molecule has 1 amide bonds. The molecular formula is C17H16N2O2S2. The Morgan fingerprint density at radius 2 is 2.35 bits per heavy atom. The van der Waals surface area contributed by atoms with E-state index in [9.17, 15) is 4.79 Å². The fourth-order valence-corrected chi connectivity index (χ4v) is 4.55. The van der Waals surface area contributed by atoms with Crippen molar-refractivity contribution in [1.82, 2.24) is 9.88 Å². The summed E-state index contributed by atoms with van der Waals surface area (Å²) in [5.74, 6) is 0.169. The summed E-state index contributed by atoms with van der Waals surface area (Å²) in [6.07, 6.45) is 5.81. The zero-order valence-electron chi connectivity index (χ0n) is 12.5. The normalized spacial score (nSPS) is 17.7. The average molecular weight is 344 g/mol. The fraction of sp³-hybridized carbons (Fsp3) is 0.294. The molecule has 3 aromatic rings. The van der Waals surface area contributed by atoms with Gasteiger partial charge in [0, 0.05) is 17.5 Å². The predicted octanol–water partition coefficient (Wildman–Crippen LogP) is 4.37. The van der Waals surface area contributed by atoms with Crippen LogP contribution in [0.25, 0.3) is 10.6 Å². The first kappa shape index (κ1) is 14.7. The van der Waals surface area contributed by atoms with Gasteiger partial charge in [0.2, 0.25) is 5.91 Å². The van der Waals surface area contributed by atoms with Crippen LogP contribution in [0.4, 0.5) is 0 Å². The smallest absolute Gasteiger partial charge is 0.229 e. The first-order valence-corrected chi connectivity index (χ1v) is 9.42. The van der Waals surface area contributed by atoms with E-state index in [1.54, 1.807) is 35.2 Å². The molecule has 0 aliphatic carbocycles. The largest absolute Gasteiger partial charge is 0.472 e. The van der Waals surface area contributed by atoms with Crippen molar-refractivity contribution in [3.05, 3.63) is 52.1 Å². The van der Waals surface area contributed by atoms with Crippen molar-refractivity contribution in [3.63, 3.8) is 0 Å². The summed E-state index contributed by atoms with van der Waals surface area (Å²) in [6.45, 7) is 0.845. The molecule has 4 rings (SSSR count). The molecule has 3 aromatic heterocycles. The van der Waals surface area contributed by atoms with Gasteiger partial charge in [-0.1, -0.05) is 0 Å². The Bertz CT molecular complexity index is 778. The van der Waals surface area contributed by atoms with Crippen LogP contribution in [0.3, 0.4) is 0 Å². The molecule has 0 spiro atoms. The Morgan fingerprint density at radius 1 is 1.39 bits per heavy atom. The quantitative estimate of drug-likeness (QED) is 0.706. The summed E-state index contributed by atoms with van der Waals surface area (Å²) in [6, 6.07) is 4.25. The van der Waals surface area contributed by atoms with Crippen molar-refractivity contribution < 1.29 is 9.21 Å². The number of carbonyl (C=O) groups is 1. The summed E-state index contributed by atoms with van der Waals surface area (Å²) >= 11 is 3.24. The van der Waals surface area contributed by atoms with Gasteiger partial charge in [-0.15, -0.1) is 11.3 Å². The van der Waals surface area contributed by atoms with Gasteiger partial charge in [-0.3, -0.25) is 4.79 Å². The van der Waals surface area contributed by atoms with E-state index < -0.39 is 0 Å². The molecule has 6 heteroatoms. The van der Waals surface area contributed by atoms with Crippen LogP contribution in [0.5, 0.6) is 0 Å². The zero-order valence-corrected chi connectivity index (χ0v) is 14.1. The SMILES string of the molecule is O=C(Cc1csc(-c2ccoc2)n1)N1CCC[C@H]1c1ccsc1. The average Bonchev–Trinajstić information content (AvgIpc) is 3.30. The van der Waals surface area contributed by atoms with Crippen molar-refractivity contribution in [1.29, 1.82) is 0 Å². The number of carbonyl (C=O) groups excluding carboxylic acids is 1. The molecule has 0 radical (unpaired) electrons. The van der Waals surface area contributed by atoms with Gasteiger partial charge in [-0.25, -0.2) is 4.98 Å². The first-order valence-electron chi connectivity index (χ1n) is 7.60. The first-order chi connectivity index (χ1) is 11.3. The van der Waals surface area contributed by atoms with Gasteiger partial charge in [-0.05, 0) is 41.3 Å². The molecule has 23 heavy (non-hydrogen) atoms. The topological polar surface area (TPSA) is 46.3 Å². The second kappa shape index (κ2) is 6.29. The summed E-state index contributed by atoms with van der Waals surface area (Å²) in [4.78, 5) is 19.3. The Hall–Kier alpha value is -1.92. The minimum Gasteiger partial charge on any atom is -0.472 e. The van der Waals surface area contributed by atoms with E-state index in [2.05, 4.69) is 21.8 Å². The van der Waals surface area contributed by atoms with Gasteiger partial charge in [0.1, 0.15) is 11.3 Å². The summed E-state index contributed by atoms with van der Waals surface area (Å²) < 4.78 is 5.09. The molecule has 1 fully saturated rings. The van der Waals surface area contributed by atoms with Gasteiger partial charge in [0.15, 0.2) is 0 Å². The number of hydrogen-bond donors (Lipinski definition) is 0. The minimum atomic E-state index is 0.169. The number of amides is 1. The summed E-state index contributed by atoms with van der Waals surface area (Å²) in [5, 5.41) is 7.09. The number of furan rings is 1. The van der Waals surface area contributed by atoms with E-state index in [1.807, 2.05) is 16.3 Å². The van der Waals surface area contributed by atoms with Crippen molar-refractivity contribution in [3.8, 4) is 10.6 Å². The lowest BCUT2D eigenvalue weighted by Crippen LogP contribution is -2.31. The van der Waals surface area contributed by atoms with Crippen molar-refractivity contribution in [2.24, 2.45) is 0 Å². The molecule has 118 valence electrons. The van der Waals surface area contributed by atoms with Crippen LogP contribution in [0.1, 0.15) is 30.1 Å². The third-order valence-electron chi connectivity index (χ3n) is 4.15. The fourth-order valence-electron chi connectivity index (χ4n) is 3.04. The van der Waals surface area contributed by atoms with Crippen LogP contribution in [-0.4, -0.2) is 22.3 Å². The van der Waals surface area contributed by atoms with E-state index in [-0.39, 0.29) is 11.9 Å². The van der Waals surface area contributed by atoms with Gasteiger partial charge in [0.05, 0.1) is 24.4 Å². The number of likely N-dealkylation sites (tertiary alicyclic amines) is 1. The molecule has 0 saturated carbocycles. The molecule has 1 aliphatic heterocycles. The van der Waals surface area contributed by atoms with Crippen LogP contribution in [0.15, 0.2) is 45.2 Å². The maximum absolute atomic E-state index is 12.7. The molecule has 4 heterocycles. The molecule has 1 atom stereocenters. The van der Waals surface area contributed by atoms with Gasteiger partial charge in [0.25, 0.3) is 0 Å². The van der Waals surface area contributed by atoms with Gasteiger partial charge < -0.3 is 9.32 Å². The zero-order chi connectivity index (χ0) is 15.6. The maximum atomic E-state index is 12.7. The number of thiophene rings is 1. The van der Waals surface area contributed by atoms with Crippen molar-refractivity contribution in [2.45, 2.75) is 25.3 Å². The molecule has 4 nitrogen and oxygen atoms in total. The van der Waals surface area contributed by atoms with Crippen LogP contribution >= 0.6 is 22.7 Å². The molecular weight excluding hydrogens is 328 g/mol. The number of thiazole rings is 1. The van der Waals surface area contributed by atoms with Crippen LogP contribution < -0.4 is 0 Å². The van der Waals surface area contributed by atoms with Gasteiger partial charge in [-0.2, -0.15) is 11.3 Å². The lowest BCUT2D eigenvalue weighted by atomic mass is 10.1. The van der Waals surface area contributed by atoms with Crippen molar-refractivity contribution >= 4 is 28.6 Å². The Morgan fingerprint density at radius 3 is 3.13 bits per heavy atom. The second-order valence-corrected chi connectivity index (χ2v) is 7.27. The highest BCUT2D eigenvalue weighted by atomic mass is 32.1. The molecule has 1 saturated heterocycles.